The molecule has 2 aliphatic rings. The Labute approximate surface area is 299 Å². The van der Waals surface area contributed by atoms with Gasteiger partial charge in [0, 0.05) is 22.9 Å². The zero-order chi connectivity index (χ0) is 36.4. The number of rotatable bonds is 9. The Morgan fingerprint density at radius 3 is 2.27 bits per heavy atom. The van der Waals surface area contributed by atoms with Crippen LogP contribution in [0.3, 0.4) is 0 Å². The van der Waals surface area contributed by atoms with Gasteiger partial charge < -0.3 is 9.47 Å². The molecule has 12 heteroatoms. The molecule has 1 fully saturated rings. The van der Waals surface area contributed by atoms with Crippen LogP contribution in [0.2, 0.25) is 0 Å². The number of amides is 2. The van der Waals surface area contributed by atoms with Crippen LogP contribution in [0.25, 0.3) is 28.6 Å². The number of para-hydroxylation sites is 1. The zero-order valence-electron chi connectivity index (χ0n) is 27.9. The molecule has 4 aromatic carbocycles. The molecule has 2 aliphatic heterocycles. The lowest BCUT2D eigenvalue weighted by Crippen LogP contribution is -2.49. The molecule has 1 saturated heterocycles. The van der Waals surface area contributed by atoms with Crippen molar-refractivity contribution >= 4 is 33.3 Å². The maximum atomic E-state index is 15.6. The second-order valence-corrected chi connectivity index (χ2v) is 14.5. The summed E-state index contributed by atoms with van der Waals surface area (Å²) in [4.78, 5) is 29.2. The number of hydrogen-bond acceptors (Lipinski definition) is 8. The van der Waals surface area contributed by atoms with E-state index < -0.39 is 39.3 Å². The van der Waals surface area contributed by atoms with Gasteiger partial charge in [-0.05, 0) is 66.1 Å². The third-order valence-corrected chi connectivity index (χ3v) is 10.7. The number of ether oxygens (including phenoxy) is 2. The molecule has 260 valence electrons. The molecule has 1 unspecified atom stereocenters. The van der Waals surface area contributed by atoms with E-state index in [-0.39, 0.29) is 41.2 Å². The van der Waals surface area contributed by atoms with E-state index in [1.807, 2.05) is 66.7 Å². The summed E-state index contributed by atoms with van der Waals surface area (Å²) in [6.45, 7) is 0.165. The standard InChI is InChI=1S/C40H31FN4O6S/c1-50-32-15-12-27(13-16-32)37-33(39(46)45(40(47)34(37)22-42)31-18-19-52(48,49)25-31)20-29-23-44(30-10-6-3-7-11-30)43-38(29)28-14-17-36(35(41)21-28)51-24-26-8-4-2-5-9-26/h2-17,20-21,23,31H,18-19,24-25H2,1H3/b33-20-. The highest BCUT2D eigenvalue weighted by molar-refractivity contribution is 7.91. The first kappa shape index (κ1) is 34.1. The van der Waals surface area contributed by atoms with Crippen molar-refractivity contribution in [3.05, 3.63) is 143 Å². The van der Waals surface area contributed by atoms with E-state index in [1.165, 1.54) is 25.3 Å². The molecule has 10 nitrogen and oxygen atoms in total. The van der Waals surface area contributed by atoms with Gasteiger partial charge in [-0.15, -0.1) is 0 Å². The van der Waals surface area contributed by atoms with Crippen molar-refractivity contribution in [1.82, 2.24) is 14.7 Å². The summed E-state index contributed by atoms with van der Waals surface area (Å²) < 4.78 is 53.2. The fourth-order valence-electron chi connectivity index (χ4n) is 6.38. The lowest BCUT2D eigenvalue weighted by atomic mass is 9.86. The minimum absolute atomic E-state index is 0.0252. The Morgan fingerprint density at radius 1 is 0.942 bits per heavy atom. The molecule has 2 amide bonds. The van der Waals surface area contributed by atoms with Crippen molar-refractivity contribution in [1.29, 1.82) is 5.26 Å². The van der Waals surface area contributed by atoms with Crippen LogP contribution in [-0.4, -0.2) is 59.6 Å². The van der Waals surface area contributed by atoms with Crippen molar-refractivity contribution < 1.29 is 31.9 Å². The average molecular weight is 715 g/mol. The van der Waals surface area contributed by atoms with Crippen molar-refractivity contribution in [2.24, 2.45) is 0 Å². The highest BCUT2D eigenvalue weighted by Crippen LogP contribution is 2.39. The van der Waals surface area contributed by atoms with E-state index in [2.05, 4.69) is 0 Å². The lowest BCUT2D eigenvalue weighted by Gasteiger charge is -2.32. The number of nitriles is 1. The highest BCUT2D eigenvalue weighted by atomic mass is 32.2. The van der Waals surface area contributed by atoms with Crippen molar-refractivity contribution in [2.45, 2.75) is 19.1 Å². The van der Waals surface area contributed by atoms with Crippen LogP contribution in [0.15, 0.2) is 120 Å². The lowest BCUT2D eigenvalue weighted by molar-refractivity contribution is -0.142. The normalized spacial score (nSPS) is 17.8. The number of sulfone groups is 1. The quantitative estimate of drug-likeness (QED) is 0.131. The smallest absolute Gasteiger partial charge is 0.272 e. The fourth-order valence-corrected chi connectivity index (χ4v) is 8.08. The van der Waals surface area contributed by atoms with E-state index in [1.54, 1.807) is 41.2 Å². The molecule has 5 aromatic rings. The monoisotopic (exact) mass is 714 g/mol. The van der Waals surface area contributed by atoms with Gasteiger partial charge >= 0.3 is 0 Å². The Kier molecular flexibility index (Phi) is 9.28. The summed E-state index contributed by atoms with van der Waals surface area (Å²) in [6.07, 6.45) is 3.24. The second-order valence-electron chi connectivity index (χ2n) is 12.3. The first-order valence-corrected chi connectivity index (χ1v) is 18.2. The largest absolute Gasteiger partial charge is 0.497 e. The van der Waals surface area contributed by atoms with E-state index in [0.29, 0.717) is 33.8 Å². The van der Waals surface area contributed by atoms with Crippen molar-refractivity contribution in [2.75, 3.05) is 18.6 Å². The van der Waals surface area contributed by atoms with Gasteiger partial charge in [0.05, 0.1) is 35.9 Å². The van der Waals surface area contributed by atoms with E-state index >= 15 is 4.39 Å². The predicted molar refractivity (Wildman–Crippen MR) is 192 cm³/mol. The molecule has 0 aliphatic carbocycles. The van der Waals surface area contributed by atoms with Gasteiger partial charge in [-0.3, -0.25) is 14.5 Å². The number of aromatic nitrogens is 2. The number of imide groups is 1. The first-order chi connectivity index (χ1) is 25.2. The molecule has 0 spiro atoms. The molecule has 7 rings (SSSR count). The van der Waals surface area contributed by atoms with Gasteiger partial charge in [0.2, 0.25) is 0 Å². The summed E-state index contributed by atoms with van der Waals surface area (Å²) >= 11 is 0. The molecular weight excluding hydrogens is 684 g/mol. The van der Waals surface area contributed by atoms with Gasteiger partial charge in [-0.2, -0.15) is 10.4 Å². The van der Waals surface area contributed by atoms with Crippen molar-refractivity contribution in [3.63, 3.8) is 0 Å². The van der Waals surface area contributed by atoms with E-state index in [4.69, 9.17) is 14.6 Å². The minimum atomic E-state index is -3.50. The second kappa shape index (κ2) is 14.1. The van der Waals surface area contributed by atoms with E-state index in [9.17, 15) is 23.3 Å². The topological polar surface area (TPSA) is 132 Å². The molecule has 0 N–H and O–H groups in total. The number of benzene rings is 4. The van der Waals surface area contributed by atoms with Crippen LogP contribution in [0.1, 0.15) is 23.1 Å². The number of carbonyl (C=O) groups excluding carboxylic acids is 2. The molecular formula is C40H31FN4O6S. The predicted octanol–water partition coefficient (Wildman–Crippen LogP) is 6.18. The Bertz CT molecular complexity index is 2400. The molecule has 52 heavy (non-hydrogen) atoms. The van der Waals surface area contributed by atoms with Gasteiger partial charge in [-0.25, -0.2) is 17.5 Å². The van der Waals surface area contributed by atoms with Crippen LogP contribution < -0.4 is 9.47 Å². The molecule has 0 bridgehead atoms. The van der Waals surface area contributed by atoms with Gasteiger partial charge in [0.15, 0.2) is 21.4 Å². The minimum Gasteiger partial charge on any atom is -0.497 e. The van der Waals surface area contributed by atoms with Crippen LogP contribution in [-0.2, 0) is 26.0 Å². The van der Waals surface area contributed by atoms with Gasteiger partial charge in [0.1, 0.15) is 29.7 Å². The fraction of sp³-hybridized carbons (Fsp3) is 0.150. The first-order valence-electron chi connectivity index (χ1n) is 16.4. The van der Waals surface area contributed by atoms with Crippen LogP contribution in [0.4, 0.5) is 4.39 Å². The summed E-state index contributed by atoms with van der Waals surface area (Å²) in [6, 6.07) is 30.6. The molecule has 1 aromatic heterocycles. The molecule has 0 saturated carbocycles. The third kappa shape index (κ3) is 6.74. The third-order valence-electron chi connectivity index (χ3n) is 8.97. The summed E-state index contributed by atoms with van der Waals surface area (Å²) in [5.74, 6) is -2.28. The molecule has 3 heterocycles. The number of hydrogen-bond donors (Lipinski definition) is 0. The maximum Gasteiger partial charge on any atom is 0.272 e. The number of methoxy groups -OCH3 is 1. The Morgan fingerprint density at radius 2 is 1.63 bits per heavy atom. The Balaban J connectivity index is 1.38. The van der Waals surface area contributed by atoms with Gasteiger partial charge in [-0.1, -0.05) is 60.7 Å². The summed E-state index contributed by atoms with van der Waals surface area (Å²) in [7, 11) is -2.00. The molecule has 1 atom stereocenters. The highest BCUT2D eigenvalue weighted by Gasteiger charge is 2.45. The number of nitrogens with zero attached hydrogens (tertiary/aromatic N) is 4. The number of carbonyl (C=O) groups is 2. The van der Waals surface area contributed by atoms with E-state index in [0.717, 1.165) is 10.5 Å². The number of halogens is 1. The molecule has 0 radical (unpaired) electrons. The zero-order valence-corrected chi connectivity index (χ0v) is 28.7. The van der Waals surface area contributed by atoms with Crippen molar-refractivity contribution in [3.8, 4) is 34.5 Å². The summed E-state index contributed by atoms with van der Waals surface area (Å²) in [5, 5.41) is 15.2. The maximum absolute atomic E-state index is 15.6. The van der Waals surface area contributed by atoms with Crippen LogP contribution in [0.5, 0.6) is 11.5 Å². The summed E-state index contributed by atoms with van der Waals surface area (Å²) in [5.41, 5.74) is 2.74. The van der Waals surface area contributed by atoms with Gasteiger partial charge in [0.25, 0.3) is 11.8 Å². The SMILES string of the molecule is COc1ccc(C2=C(C#N)C(=O)N(C3CCS(=O)(=O)C3)C(=O)/C2=C\c2cn(-c3ccccc3)nc2-c2ccc(OCc3ccccc3)c(F)c2)cc1. The van der Waals surface area contributed by atoms with Crippen LogP contribution in [0, 0.1) is 17.1 Å². The average Bonchev–Trinajstić information content (AvgIpc) is 3.75. The van der Waals surface area contributed by atoms with Crippen LogP contribution >= 0.6 is 0 Å². The Hall–Kier alpha value is -6.32.